The van der Waals surface area contributed by atoms with Gasteiger partial charge in [-0.1, -0.05) is 18.2 Å². The molecule has 1 amide bonds. The normalized spacial score (nSPS) is 23.0. The highest BCUT2D eigenvalue weighted by Gasteiger charge is 2.19. The van der Waals surface area contributed by atoms with E-state index in [4.69, 9.17) is 11.6 Å². The van der Waals surface area contributed by atoms with E-state index in [1.165, 1.54) is 0 Å². The van der Waals surface area contributed by atoms with Gasteiger partial charge in [0.15, 0.2) is 0 Å². The molecule has 2 rings (SSSR count). The van der Waals surface area contributed by atoms with Crippen LogP contribution in [-0.2, 0) is 11.2 Å². The van der Waals surface area contributed by atoms with Crippen LogP contribution in [0.2, 0.25) is 0 Å². The number of halogens is 1. The Morgan fingerprint density at radius 1 is 1.26 bits per heavy atom. The van der Waals surface area contributed by atoms with Gasteiger partial charge >= 0.3 is 0 Å². The first-order valence-corrected chi connectivity index (χ1v) is 7.26. The lowest BCUT2D eigenvalue weighted by Gasteiger charge is -2.25. The van der Waals surface area contributed by atoms with Crippen LogP contribution in [0.5, 0.6) is 5.75 Å². The van der Waals surface area contributed by atoms with E-state index in [0.717, 1.165) is 32.2 Å². The van der Waals surface area contributed by atoms with Crippen LogP contribution in [0.1, 0.15) is 31.2 Å². The molecule has 3 nitrogen and oxygen atoms in total. The van der Waals surface area contributed by atoms with Gasteiger partial charge in [-0.2, -0.15) is 0 Å². The van der Waals surface area contributed by atoms with Crippen LogP contribution in [0.3, 0.4) is 0 Å². The highest BCUT2D eigenvalue weighted by Crippen LogP contribution is 2.27. The molecule has 0 atom stereocenters. The average molecular weight is 282 g/mol. The molecule has 2 N–H and O–H groups in total. The van der Waals surface area contributed by atoms with Crippen LogP contribution in [0, 0.1) is 5.92 Å². The van der Waals surface area contributed by atoms with Crippen LogP contribution in [0.25, 0.3) is 0 Å². The molecular formula is C15H20ClNO2. The van der Waals surface area contributed by atoms with Crippen LogP contribution in [-0.4, -0.2) is 22.9 Å². The van der Waals surface area contributed by atoms with E-state index in [2.05, 4.69) is 5.32 Å². The van der Waals surface area contributed by atoms with Gasteiger partial charge in [0.05, 0.1) is 6.42 Å². The fourth-order valence-electron chi connectivity index (χ4n) is 2.48. The van der Waals surface area contributed by atoms with Crippen LogP contribution < -0.4 is 5.32 Å². The Morgan fingerprint density at radius 2 is 1.95 bits per heavy atom. The Morgan fingerprint density at radius 3 is 2.63 bits per heavy atom. The van der Waals surface area contributed by atoms with Gasteiger partial charge in [0.1, 0.15) is 5.75 Å². The van der Waals surface area contributed by atoms with Crippen LogP contribution >= 0.6 is 11.6 Å². The quantitative estimate of drug-likeness (QED) is 0.834. The second-order valence-electron chi connectivity index (χ2n) is 5.23. The molecule has 0 unspecified atom stereocenters. The average Bonchev–Trinajstić information content (AvgIpc) is 2.41. The smallest absolute Gasteiger partial charge is 0.224 e. The van der Waals surface area contributed by atoms with Crippen LogP contribution in [0.15, 0.2) is 24.3 Å². The third-order valence-electron chi connectivity index (χ3n) is 3.71. The number of hydrogen-bond donors (Lipinski definition) is 2. The summed E-state index contributed by atoms with van der Waals surface area (Å²) in [7, 11) is 0. The molecule has 104 valence electrons. The lowest BCUT2D eigenvalue weighted by molar-refractivity contribution is -0.120. The molecule has 0 saturated heterocycles. The van der Waals surface area contributed by atoms with Gasteiger partial charge < -0.3 is 10.4 Å². The van der Waals surface area contributed by atoms with Crippen molar-refractivity contribution in [3.63, 3.8) is 0 Å². The summed E-state index contributed by atoms with van der Waals surface area (Å²) in [5.74, 6) is 0.693. The maximum absolute atomic E-state index is 11.8. The topological polar surface area (TPSA) is 49.3 Å². The SMILES string of the molecule is O=C(Cc1ccccc1O)NCC1CCC(Cl)CC1. The van der Waals surface area contributed by atoms with Crippen molar-refractivity contribution in [2.24, 2.45) is 5.92 Å². The third-order valence-corrected chi connectivity index (χ3v) is 4.14. The highest BCUT2D eigenvalue weighted by atomic mass is 35.5. The second-order valence-corrected chi connectivity index (χ2v) is 5.84. The minimum Gasteiger partial charge on any atom is -0.508 e. The van der Waals surface area contributed by atoms with E-state index in [1.54, 1.807) is 18.2 Å². The molecule has 1 aliphatic carbocycles. The molecule has 0 radical (unpaired) electrons. The van der Waals surface area contributed by atoms with E-state index in [0.29, 0.717) is 16.9 Å². The zero-order valence-electron chi connectivity index (χ0n) is 10.9. The maximum Gasteiger partial charge on any atom is 0.224 e. The van der Waals surface area contributed by atoms with Gasteiger partial charge in [-0.05, 0) is 37.7 Å². The molecule has 1 saturated carbocycles. The van der Waals surface area contributed by atoms with Crippen molar-refractivity contribution >= 4 is 17.5 Å². The zero-order valence-corrected chi connectivity index (χ0v) is 11.7. The monoisotopic (exact) mass is 281 g/mol. The molecule has 0 aromatic heterocycles. The number of rotatable bonds is 4. The molecule has 4 heteroatoms. The lowest BCUT2D eigenvalue weighted by Crippen LogP contribution is -2.32. The summed E-state index contributed by atoms with van der Waals surface area (Å²) < 4.78 is 0. The summed E-state index contributed by atoms with van der Waals surface area (Å²) in [6, 6.07) is 6.95. The molecule has 0 spiro atoms. The van der Waals surface area contributed by atoms with Gasteiger partial charge in [-0.15, -0.1) is 11.6 Å². The Kier molecular flexibility index (Phi) is 5.08. The number of amides is 1. The summed E-state index contributed by atoms with van der Waals surface area (Å²) in [5, 5.41) is 12.9. The number of nitrogens with one attached hydrogen (secondary N) is 1. The molecule has 19 heavy (non-hydrogen) atoms. The fraction of sp³-hybridized carbons (Fsp3) is 0.533. The minimum atomic E-state index is -0.0329. The standard InChI is InChI=1S/C15H20ClNO2/c16-13-7-5-11(6-8-13)10-17-15(19)9-12-3-1-2-4-14(12)18/h1-4,11,13,18H,5-10H2,(H,17,19). The number of carbonyl (C=O) groups excluding carboxylic acids is 1. The zero-order chi connectivity index (χ0) is 13.7. The number of para-hydroxylation sites is 1. The van der Waals surface area contributed by atoms with E-state index in [9.17, 15) is 9.90 Å². The number of hydrogen-bond acceptors (Lipinski definition) is 2. The van der Waals surface area contributed by atoms with Crippen molar-refractivity contribution in [1.82, 2.24) is 5.32 Å². The maximum atomic E-state index is 11.8. The highest BCUT2D eigenvalue weighted by molar-refractivity contribution is 6.20. The van der Waals surface area contributed by atoms with Crippen molar-refractivity contribution in [2.45, 2.75) is 37.5 Å². The predicted molar refractivity (Wildman–Crippen MR) is 76.4 cm³/mol. The largest absolute Gasteiger partial charge is 0.508 e. The van der Waals surface area contributed by atoms with E-state index < -0.39 is 0 Å². The number of phenolic OH excluding ortho intramolecular Hbond substituents is 1. The van der Waals surface area contributed by atoms with E-state index >= 15 is 0 Å². The number of phenols is 1. The van der Waals surface area contributed by atoms with E-state index in [1.807, 2.05) is 6.07 Å². The summed E-state index contributed by atoms with van der Waals surface area (Å²) in [5.41, 5.74) is 0.671. The fourth-order valence-corrected chi connectivity index (χ4v) is 2.73. The number of aromatic hydroxyl groups is 1. The Labute approximate surface area is 119 Å². The molecule has 0 heterocycles. The predicted octanol–water partition coefficient (Wildman–Crippen LogP) is 2.85. The molecular weight excluding hydrogens is 262 g/mol. The summed E-state index contributed by atoms with van der Waals surface area (Å²) in [6.07, 6.45) is 4.50. The first-order valence-electron chi connectivity index (χ1n) is 6.83. The molecule has 1 fully saturated rings. The van der Waals surface area contributed by atoms with Crippen molar-refractivity contribution in [2.75, 3.05) is 6.54 Å². The van der Waals surface area contributed by atoms with E-state index in [-0.39, 0.29) is 18.1 Å². The van der Waals surface area contributed by atoms with Crippen molar-refractivity contribution in [3.05, 3.63) is 29.8 Å². The van der Waals surface area contributed by atoms with Gasteiger partial charge in [0.2, 0.25) is 5.91 Å². The van der Waals surface area contributed by atoms with Gasteiger partial charge in [0.25, 0.3) is 0 Å². The third kappa shape index (κ3) is 4.43. The number of alkyl halides is 1. The van der Waals surface area contributed by atoms with Crippen molar-refractivity contribution < 1.29 is 9.90 Å². The Hall–Kier alpha value is -1.22. The number of carbonyl (C=O) groups is 1. The Balaban J connectivity index is 1.74. The molecule has 1 aliphatic rings. The van der Waals surface area contributed by atoms with Gasteiger partial charge in [-0.25, -0.2) is 0 Å². The van der Waals surface area contributed by atoms with Crippen LogP contribution in [0.4, 0.5) is 0 Å². The molecule has 1 aromatic carbocycles. The molecule has 0 bridgehead atoms. The second kappa shape index (κ2) is 6.80. The molecule has 1 aromatic rings. The van der Waals surface area contributed by atoms with Crippen molar-refractivity contribution in [1.29, 1.82) is 0 Å². The lowest BCUT2D eigenvalue weighted by atomic mass is 9.89. The summed E-state index contributed by atoms with van der Waals surface area (Å²) >= 11 is 6.05. The summed E-state index contributed by atoms with van der Waals surface area (Å²) in [6.45, 7) is 0.718. The Bertz CT molecular complexity index is 428. The first-order chi connectivity index (χ1) is 9.15. The van der Waals surface area contributed by atoms with Crippen molar-refractivity contribution in [3.8, 4) is 5.75 Å². The van der Waals surface area contributed by atoms with Gasteiger partial charge in [0, 0.05) is 17.5 Å². The molecule has 0 aliphatic heterocycles. The first kappa shape index (κ1) is 14.2. The van der Waals surface area contributed by atoms with Gasteiger partial charge in [-0.3, -0.25) is 4.79 Å². The summed E-state index contributed by atoms with van der Waals surface area (Å²) in [4.78, 5) is 11.8. The number of benzene rings is 1. The minimum absolute atomic E-state index is 0.0329.